The molecule has 0 radical (unpaired) electrons. The summed E-state index contributed by atoms with van der Waals surface area (Å²) in [4.78, 5) is 10.5. The number of Topliss-reactive ketones (excluding diaryl/α,β-unsaturated/α-hetero) is 1. The van der Waals surface area contributed by atoms with Crippen LogP contribution in [-0.4, -0.2) is 31.6 Å². The lowest BCUT2D eigenvalue weighted by molar-refractivity contribution is -0.118. The summed E-state index contributed by atoms with van der Waals surface area (Å²) in [7, 11) is 0. The molecule has 0 bridgehead atoms. The van der Waals surface area contributed by atoms with Gasteiger partial charge in [-0.25, -0.2) is 0 Å². The fourth-order valence-electron chi connectivity index (χ4n) is 0.738. The molecule has 0 aliphatic heterocycles. The normalized spacial score (nSPS) is 10.7. The summed E-state index contributed by atoms with van der Waals surface area (Å²) >= 11 is 0. The Bertz CT molecular complexity index is 124. The van der Waals surface area contributed by atoms with Gasteiger partial charge in [0.25, 0.3) is 0 Å². The van der Waals surface area contributed by atoms with Gasteiger partial charge in [0.05, 0.1) is 13.2 Å². The molecular weight excluding hydrogens is 154 g/mol. The molecule has 3 nitrogen and oxygen atoms in total. The number of hydrogen-bond donors (Lipinski definition) is 1. The fourth-order valence-corrected chi connectivity index (χ4v) is 0.738. The SMILES string of the molecule is CC(=O)CCOCCNC(C)C. The molecule has 0 aliphatic carbocycles. The molecule has 0 fully saturated rings. The molecule has 3 heteroatoms. The van der Waals surface area contributed by atoms with Crippen LogP contribution in [0.5, 0.6) is 0 Å². The third kappa shape index (κ3) is 9.59. The van der Waals surface area contributed by atoms with Crippen molar-refractivity contribution < 1.29 is 9.53 Å². The van der Waals surface area contributed by atoms with Crippen molar-refractivity contribution in [3.05, 3.63) is 0 Å². The van der Waals surface area contributed by atoms with Crippen molar-refractivity contribution in [3.63, 3.8) is 0 Å². The Morgan fingerprint density at radius 3 is 2.58 bits per heavy atom. The second-order valence-corrected chi connectivity index (χ2v) is 3.17. The predicted octanol–water partition coefficient (Wildman–Crippen LogP) is 0.980. The zero-order valence-corrected chi connectivity index (χ0v) is 8.22. The molecule has 72 valence electrons. The Hall–Kier alpha value is -0.410. The highest BCUT2D eigenvalue weighted by Gasteiger charge is 1.94. The highest BCUT2D eigenvalue weighted by atomic mass is 16.5. The van der Waals surface area contributed by atoms with E-state index in [4.69, 9.17) is 4.74 Å². The smallest absolute Gasteiger partial charge is 0.132 e. The molecule has 0 aliphatic rings. The van der Waals surface area contributed by atoms with E-state index in [9.17, 15) is 4.79 Å². The number of ether oxygens (including phenoxy) is 1. The van der Waals surface area contributed by atoms with Crippen molar-refractivity contribution in [1.82, 2.24) is 5.32 Å². The van der Waals surface area contributed by atoms with Gasteiger partial charge in [-0.05, 0) is 6.92 Å². The average Bonchev–Trinajstić information content (AvgIpc) is 1.95. The average molecular weight is 173 g/mol. The minimum absolute atomic E-state index is 0.187. The van der Waals surface area contributed by atoms with Crippen molar-refractivity contribution in [2.24, 2.45) is 0 Å². The van der Waals surface area contributed by atoms with Gasteiger partial charge in [0.2, 0.25) is 0 Å². The van der Waals surface area contributed by atoms with E-state index in [1.54, 1.807) is 6.92 Å². The highest BCUT2D eigenvalue weighted by Crippen LogP contribution is 1.84. The standard InChI is InChI=1S/C9H19NO2/c1-8(2)10-5-7-12-6-4-9(3)11/h8,10H,4-7H2,1-3H3. The van der Waals surface area contributed by atoms with Crippen LogP contribution in [0.2, 0.25) is 0 Å². The molecule has 0 amide bonds. The predicted molar refractivity (Wildman–Crippen MR) is 49.3 cm³/mol. The minimum Gasteiger partial charge on any atom is -0.380 e. The van der Waals surface area contributed by atoms with E-state index in [0.717, 1.165) is 6.54 Å². The summed E-state index contributed by atoms with van der Waals surface area (Å²) in [5.74, 6) is 0.187. The van der Waals surface area contributed by atoms with Gasteiger partial charge >= 0.3 is 0 Å². The number of ketones is 1. The van der Waals surface area contributed by atoms with Crippen LogP contribution in [0, 0.1) is 0 Å². The largest absolute Gasteiger partial charge is 0.380 e. The van der Waals surface area contributed by atoms with Gasteiger partial charge in [0.1, 0.15) is 5.78 Å². The van der Waals surface area contributed by atoms with Gasteiger partial charge in [-0.3, -0.25) is 4.79 Å². The number of nitrogens with one attached hydrogen (secondary N) is 1. The lowest BCUT2D eigenvalue weighted by atomic mass is 10.3. The molecule has 0 aromatic rings. The Labute approximate surface area is 74.5 Å². The van der Waals surface area contributed by atoms with E-state index in [2.05, 4.69) is 19.2 Å². The van der Waals surface area contributed by atoms with Crippen molar-refractivity contribution in [2.75, 3.05) is 19.8 Å². The Balaban J connectivity index is 2.96. The van der Waals surface area contributed by atoms with Crippen LogP contribution in [0.15, 0.2) is 0 Å². The van der Waals surface area contributed by atoms with Crippen molar-refractivity contribution >= 4 is 5.78 Å². The van der Waals surface area contributed by atoms with Crippen LogP contribution < -0.4 is 5.32 Å². The van der Waals surface area contributed by atoms with E-state index in [1.807, 2.05) is 0 Å². The van der Waals surface area contributed by atoms with Gasteiger partial charge < -0.3 is 10.1 Å². The first-order chi connectivity index (χ1) is 5.63. The van der Waals surface area contributed by atoms with Gasteiger partial charge in [0.15, 0.2) is 0 Å². The van der Waals surface area contributed by atoms with E-state index in [1.165, 1.54) is 0 Å². The molecule has 0 unspecified atom stereocenters. The number of carbonyl (C=O) groups excluding carboxylic acids is 1. The summed E-state index contributed by atoms with van der Waals surface area (Å²) < 4.78 is 5.21. The first kappa shape index (κ1) is 11.6. The summed E-state index contributed by atoms with van der Waals surface area (Å²) in [6, 6.07) is 0.501. The van der Waals surface area contributed by atoms with Crippen LogP contribution in [0.3, 0.4) is 0 Å². The van der Waals surface area contributed by atoms with Crippen LogP contribution in [0.25, 0.3) is 0 Å². The topological polar surface area (TPSA) is 38.3 Å². The number of hydrogen-bond acceptors (Lipinski definition) is 3. The van der Waals surface area contributed by atoms with Gasteiger partial charge in [0, 0.05) is 19.0 Å². The summed E-state index contributed by atoms with van der Waals surface area (Å²) in [5, 5.41) is 3.22. The van der Waals surface area contributed by atoms with E-state index in [-0.39, 0.29) is 5.78 Å². The van der Waals surface area contributed by atoms with E-state index in [0.29, 0.717) is 25.7 Å². The van der Waals surface area contributed by atoms with Crippen molar-refractivity contribution in [3.8, 4) is 0 Å². The molecular formula is C9H19NO2. The molecule has 0 aromatic heterocycles. The second kappa shape index (κ2) is 7.25. The van der Waals surface area contributed by atoms with Crippen LogP contribution in [0.1, 0.15) is 27.2 Å². The Morgan fingerprint density at radius 1 is 1.42 bits per heavy atom. The van der Waals surface area contributed by atoms with Crippen LogP contribution >= 0.6 is 0 Å². The highest BCUT2D eigenvalue weighted by molar-refractivity contribution is 5.75. The van der Waals surface area contributed by atoms with Gasteiger partial charge in [-0.2, -0.15) is 0 Å². The molecule has 0 aromatic carbocycles. The molecule has 1 N–H and O–H groups in total. The fraction of sp³-hybridized carbons (Fsp3) is 0.889. The Kier molecular flexibility index (Phi) is 7.00. The van der Waals surface area contributed by atoms with E-state index >= 15 is 0 Å². The van der Waals surface area contributed by atoms with Gasteiger partial charge in [-0.1, -0.05) is 13.8 Å². The molecule has 0 rings (SSSR count). The lowest BCUT2D eigenvalue weighted by Crippen LogP contribution is -2.26. The van der Waals surface area contributed by atoms with Crippen LogP contribution in [-0.2, 0) is 9.53 Å². The van der Waals surface area contributed by atoms with Crippen LogP contribution in [0.4, 0.5) is 0 Å². The summed E-state index contributed by atoms with van der Waals surface area (Å²) in [6.07, 6.45) is 0.529. The van der Waals surface area contributed by atoms with Crippen molar-refractivity contribution in [1.29, 1.82) is 0 Å². The molecule has 12 heavy (non-hydrogen) atoms. The summed E-state index contributed by atoms with van der Waals surface area (Å²) in [5.41, 5.74) is 0. The maximum absolute atomic E-state index is 10.5. The maximum Gasteiger partial charge on any atom is 0.132 e. The number of carbonyl (C=O) groups is 1. The quantitative estimate of drug-likeness (QED) is 0.583. The summed E-state index contributed by atoms with van der Waals surface area (Å²) in [6.45, 7) is 7.86. The minimum atomic E-state index is 0.187. The zero-order chi connectivity index (χ0) is 9.40. The molecule has 0 atom stereocenters. The third-order valence-corrected chi connectivity index (χ3v) is 1.40. The first-order valence-electron chi connectivity index (χ1n) is 4.43. The molecule has 0 heterocycles. The Morgan fingerprint density at radius 2 is 2.08 bits per heavy atom. The lowest BCUT2D eigenvalue weighted by Gasteiger charge is -2.07. The molecule has 0 saturated carbocycles. The third-order valence-electron chi connectivity index (χ3n) is 1.40. The zero-order valence-electron chi connectivity index (χ0n) is 8.22. The number of rotatable bonds is 7. The first-order valence-corrected chi connectivity index (χ1v) is 4.43. The maximum atomic E-state index is 10.5. The molecule has 0 saturated heterocycles. The monoisotopic (exact) mass is 173 g/mol. The van der Waals surface area contributed by atoms with Crippen molar-refractivity contribution in [2.45, 2.75) is 33.2 Å². The van der Waals surface area contributed by atoms with E-state index < -0.39 is 0 Å². The second-order valence-electron chi connectivity index (χ2n) is 3.17. The van der Waals surface area contributed by atoms with Gasteiger partial charge in [-0.15, -0.1) is 0 Å². The molecule has 0 spiro atoms.